The molecule has 0 radical (unpaired) electrons. The number of anilines is 2. The molecule has 0 aliphatic carbocycles. The molecule has 0 saturated heterocycles. The zero-order valence-corrected chi connectivity index (χ0v) is 16.7. The Kier molecular flexibility index (Phi) is 6.59. The summed E-state index contributed by atoms with van der Waals surface area (Å²) in [5.74, 6) is -0.299. The maximum Gasteiger partial charge on any atom is 0.246 e. The largest absolute Gasteiger partial charge is 0.392 e. The molecule has 3 N–H and O–H groups in total. The molecule has 0 aromatic heterocycles. The molecular formula is C19H25N3O4S. The van der Waals surface area contributed by atoms with Crippen molar-refractivity contribution in [2.45, 2.75) is 31.4 Å². The molecule has 0 heterocycles. The maximum absolute atomic E-state index is 12.5. The van der Waals surface area contributed by atoms with Gasteiger partial charge in [0.05, 0.1) is 11.5 Å². The number of aliphatic hydroxyl groups excluding tert-OH is 1. The molecule has 0 saturated carbocycles. The number of aryl methyl sites for hydroxylation is 1. The molecule has 2 aromatic rings. The second kappa shape index (κ2) is 8.51. The summed E-state index contributed by atoms with van der Waals surface area (Å²) in [5, 5.41) is 15.0. The number of sulfonamides is 1. The van der Waals surface area contributed by atoms with Gasteiger partial charge in [-0.1, -0.05) is 18.2 Å². The minimum atomic E-state index is -3.59. The van der Waals surface area contributed by atoms with E-state index in [4.69, 9.17) is 0 Å². The Labute approximate surface area is 160 Å². The SMILES string of the molecule is Cc1ccc(S(=O)(=O)N(C)C)cc1NC(=O)[C@H](C)Nc1cccc(CO)c1. The molecule has 2 rings (SSSR count). The lowest BCUT2D eigenvalue weighted by Gasteiger charge is -2.18. The summed E-state index contributed by atoms with van der Waals surface area (Å²) >= 11 is 0. The minimum absolute atomic E-state index is 0.0809. The molecule has 0 unspecified atom stereocenters. The third-order valence-corrected chi connectivity index (χ3v) is 5.94. The van der Waals surface area contributed by atoms with Crippen LogP contribution in [0, 0.1) is 6.92 Å². The number of carbonyl (C=O) groups is 1. The fourth-order valence-corrected chi connectivity index (χ4v) is 3.35. The molecule has 0 aliphatic rings. The van der Waals surface area contributed by atoms with E-state index in [1.54, 1.807) is 44.2 Å². The molecule has 7 nitrogen and oxygen atoms in total. The fourth-order valence-electron chi connectivity index (χ4n) is 2.42. The van der Waals surface area contributed by atoms with Crippen molar-refractivity contribution in [2.75, 3.05) is 24.7 Å². The van der Waals surface area contributed by atoms with Crippen LogP contribution in [0.5, 0.6) is 0 Å². The second-order valence-corrected chi connectivity index (χ2v) is 8.63. The number of nitrogens with one attached hydrogen (secondary N) is 2. The average Bonchev–Trinajstić information content (AvgIpc) is 2.63. The first kappa shape index (κ1) is 20.9. The van der Waals surface area contributed by atoms with Crippen molar-refractivity contribution in [3.8, 4) is 0 Å². The summed E-state index contributed by atoms with van der Waals surface area (Å²) in [6, 6.07) is 11.2. The summed E-state index contributed by atoms with van der Waals surface area (Å²) in [6.45, 7) is 3.42. The first-order valence-electron chi connectivity index (χ1n) is 8.45. The molecule has 146 valence electrons. The Morgan fingerprint density at radius 2 is 1.89 bits per heavy atom. The van der Waals surface area contributed by atoms with E-state index in [0.29, 0.717) is 11.4 Å². The zero-order valence-electron chi connectivity index (χ0n) is 15.9. The van der Waals surface area contributed by atoms with Gasteiger partial charge in [0, 0.05) is 25.5 Å². The number of nitrogens with zero attached hydrogens (tertiary/aromatic N) is 1. The van der Waals surface area contributed by atoms with Crippen LogP contribution < -0.4 is 10.6 Å². The summed E-state index contributed by atoms with van der Waals surface area (Å²) < 4.78 is 25.7. The Morgan fingerprint density at radius 1 is 1.19 bits per heavy atom. The van der Waals surface area contributed by atoms with Crippen LogP contribution in [0.2, 0.25) is 0 Å². The standard InChI is InChI=1S/C19H25N3O4S/c1-13-8-9-17(27(25,26)22(3)4)11-18(13)21-19(24)14(2)20-16-7-5-6-15(10-16)12-23/h5-11,14,20,23H,12H2,1-4H3,(H,21,24)/t14-/m0/s1. The minimum Gasteiger partial charge on any atom is -0.392 e. The second-order valence-electron chi connectivity index (χ2n) is 6.48. The van der Waals surface area contributed by atoms with Gasteiger partial charge in [0.2, 0.25) is 15.9 Å². The lowest BCUT2D eigenvalue weighted by atomic mass is 10.1. The quantitative estimate of drug-likeness (QED) is 0.672. The van der Waals surface area contributed by atoms with Gasteiger partial charge in [0.25, 0.3) is 0 Å². The van der Waals surface area contributed by atoms with Crippen LogP contribution in [-0.4, -0.2) is 43.9 Å². The van der Waals surface area contributed by atoms with Crippen molar-refractivity contribution in [1.82, 2.24) is 4.31 Å². The molecule has 8 heteroatoms. The highest BCUT2D eigenvalue weighted by Crippen LogP contribution is 2.22. The number of hydrogen-bond acceptors (Lipinski definition) is 5. The number of carbonyl (C=O) groups excluding carboxylic acids is 1. The summed E-state index contributed by atoms with van der Waals surface area (Å²) in [4.78, 5) is 12.7. The summed E-state index contributed by atoms with van der Waals surface area (Å²) in [5.41, 5.74) is 2.66. The molecule has 1 atom stereocenters. The van der Waals surface area contributed by atoms with Crippen molar-refractivity contribution in [1.29, 1.82) is 0 Å². The highest BCUT2D eigenvalue weighted by molar-refractivity contribution is 7.89. The fraction of sp³-hybridized carbons (Fsp3) is 0.316. The van der Waals surface area contributed by atoms with Crippen molar-refractivity contribution in [3.63, 3.8) is 0 Å². The van der Waals surface area contributed by atoms with Gasteiger partial charge >= 0.3 is 0 Å². The molecule has 0 bridgehead atoms. The Balaban J connectivity index is 2.17. The normalized spacial score (nSPS) is 12.7. The van der Waals surface area contributed by atoms with Crippen LogP contribution in [-0.2, 0) is 21.4 Å². The van der Waals surface area contributed by atoms with Crippen LogP contribution in [0.1, 0.15) is 18.1 Å². The monoisotopic (exact) mass is 391 g/mol. The summed E-state index contributed by atoms with van der Waals surface area (Å²) in [7, 11) is -0.669. The van der Waals surface area contributed by atoms with Gasteiger partial charge in [0.1, 0.15) is 6.04 Å². The Morgan fingerprint density at radius 3 is 2.52 bits per heavy atom. The Bertz CT molecular complexity index is 926. The van der Waals surface area contributed by atoms with Crippen molar-refractivity contribution < 1.29 is 18.3 Å². The van der Waals surface area contributed by atoms with Crippen LogP contribution in [0.4, 0.5) is 11.4 Å². The molecule has 0 aliphatic heterocycles. The molecule has 1 amide bonds. The van der Waals surface area contributed by atoms with E-state index in [1.807, 2.05) is 0 Å². The van der Waals surface area contributed by atoms with Gasteiger partial charge < -0.3 is 15.7 Å². The van der Waals surface area contributed by atoms with Gasteiger partial charge in [-0.3, -0.25) is 4.79 Å². The average molecular weight is 391 g/mol. The Hall–Kier alpha value is -2.42. The number of rotatable bonds is 7. The number of aliphatic hydroxyl groups is 1. The van der Waals surface area contributed by atoms with E-state index in [0.717, 1.165) is 15.4 Å². The molecular weight excluding hydrogens is 366 g/mol. The predicted octanol–water partition coefficient (Wildman–Crippen LogP) is 2.18. The lowest BCUT2D eigenvalue weighted by Crippen LogP contribution is -2.32. The number of amides is 1. The first-order valence-corrected chi connectivity index (χ1v) is 9.89. The number of benzene rings is 2. The third-order valence-electron chi connectivity index (χ3n) is 4.13. The van der Waals surface area contributed by atoms with Crippen LogP contribution in [0.15, 0.2) is 47.4 Å². The van der Waals surface area contributed by atoms with E-state index >= 15 is 0 Å². The van der Waals surface area contributed by atoms with Crippen molar-refractivity contribution >= 4 is 27.3 Å². The van der Waals surface area contributed by atoms with Crippen molar-refractivity contribution in [3.05, 3.63) is 53.6 Å². The van der Waals surface area contributed by atoms with E-state index < -0.39 is 16.1 Å². The topological polar surface area (TPSA) is 98.7 Å². The molecule has 27 heavy (non-hydrogen) atoms. The number of hydrogen-bond donors (Lipinski definition) is 3. The van der Waals surface area contributed by atoms with Crippen LogP contribution >= 0.6 is 0 Å². The zero-order chi connectivity index (χ0) is 20.2. The van der Waals surface area contributed by atoms with Gasteiger partial charge in [-0.15, -0.1) is 0 Å². The highest BCUT2D eigenvalue weighted by atomic mass is 32.2. The van der Waals surface area contributed by atoms with E-state index in [1.165, 1.54) is 26.2 Å². The predicted molar refractivity (Wildman–Crippen MR) is 106 cm³/mol. The molecule has 0 spiro atoms. The van der Waals surface area contributed by atoms with Crippen molar-refractivity contribution in [2.24, 2.45) is 0 Å². The van der Waals surface area contributed by atoms with Gasteiger partial charge in [-0.25, -0.2) is 12.7 Å². The van der Waals surface area contributed by atoms with Crippen LogP contribution in [0.3, 0.4) is 0 Å². The molecule has 0 fully saturated rings. The van der Waals surface area contributed by atoms with Gasteiger partial charge in [-0.05, 0) is 49.2 Å². The van der Waals surface area contributed by atoms with Crippen LogP contribution in [0.25, 0.3) is 0 Å². The van der Waals surface area contributed by atoms with Gasteiger partial charge in [0.15, 0.2) is 0 Å². The van der Waals surface area contributed by atoms with Gasteiger partial charge in [-0.2, -0.15) is 0 Å². The summed E-state index contributed by atoms with van der Waals surface area (Å²) in [6.07, 6.45) is 0. The maximum atomic E-state index is 12.5. The van der Waals surface area contributed by atoms with E-state index in [-0.39, 0.29) is 17.4 Å². The lowest BCUT2D eigenvalue weighted by molar-refractivity contribution is -0.116. The smallest absolute Gasteiger partial charge is 0.246 e. The first-order chi connectivity index (χ1) is 12.6. The highest BCUT2D eigenvalue weighted by Gasteiger charge is 2.20. The van der Waals surface area contributed by atoms with E-state index in [2.05, 4.69) is 10.6 Å². The third kappa shape index (κ3) is 5.06. The van der Waals surface area contributed by atoms with E-state index in [9.17, 15) is 18.3 Å². The molecule has 2 aromatic carbocycles.